The molecule has 0 saturated heterocycles. The molecule has 1 saturated carbocycles. The van der Waals surface area contributed by atoms with Gasteiger partial charge in [0.1, 0.15) is 11.6 Å². The number of benzene rings is 1. The second-order valence-electron chi connectivity index (χ2n) is 4.92. The van der Waals surface area contributed by atoms with Gasteiger partial charge in [0, 0.05) is 23.0 Å². The molecule has 0 unspecified atom stereocenters. The van der Waals surface area contributed by atoms with Crippen LogP contribution >= 0.6 is 11.5 Å². The number of hydrogen-bond acceptors (Lipinski definition) is 7. The lowest BCUT2D eigenvalue weighted by Gasteiger charge is -2.21. The van der Waals surface area contributed by atoms with Crippen molar-refractivity contribution < 1.29 is 9.15 Å². The molecule has 1 aliphatic rings. The summed E-state index contributed by atoms with van der Waals surface area (Å²) in [6.07, 6.45) is 4.96. The van der Waals surface area contributed by atoms with Gasteiger partial charge >= 0.3 is 0 Å². The van der Waals surface area contributed by atoms with Gasteiger partial charge in [0.15, 0.2) is 0 Å². The lowest BCUT2D eigenvalue weighted by atomic mass is 9.85. The molecule has 0 spiro atoms. The largest absolute Gasteiger partial charge is 0.430 e. The molecule has 106 valence electrons. The summed E-state index contributed by atoms with van der Waals surface area (Å²) in [6, 6.07) is 7.45. The molecule has 1 fully saturated rings. The van der Waals surface area contributed by atoms with Crippen molar-refractivity contribution in [2.24, 2.45) is 0 Å². The first-order valence-corrected chi connectivity index (χ1v) is 7.54. The Bertz CT molecular complexity index is 720. The highest BCUT2D eigenvalue weighted by atomic mass is 32.1. The van der Waals surface area contributed by atoms with Gasteiger partial charge in [-0.3, -0.25) is 0 Å². The lowest BCUT2D eigenvalue weighted by molar-refractivity contribution is 0.399. The summed E-state index contributed by atoms with van der Waals surface area (Å²) in [5, 5.41) is 8.10. The van der Waals surface area contributed by atoms with Crippen molar-refractivity contribution >= 4 is 11.5 Å². The van der Waals surface area contributed by atoms with Crippen molar-refractivity contribution in [3.63, 3.8) is 0 Å². The van der Waals surface area contributed by atoms with Gasteiger partial charge in [-0.2, -0.15) is 9.36 Å². The maximum absolute atomic E-state index is 5.73. The molecule has 21 heavy (non-hydrogen) atoms. The minimum absolute atomic E-state index is 0.490. The zero-order valence-corrected chi connectivity index (χ0v) is 11.9. The van der Waals surface area contributed by atoms with Crippen LogP contribution in [0.3, 0.4) is 0 Å². The molecule has 4 rings (SSSR count). The van der Waals surface area contributed by atoms with Gasteiger partial charge < -0.3 is 9.15 Å². The minimum Gasteiger partial charge on any atom is -0.430 e. The fourth-order valence-electron chi connectivity index (χ4n) is 2.16. The van der Waals surface area contributed by atoms with Gasteiger partial charge in [-0.25, -0.2) is 0 Å². The zero-order valence-electron chi connectivity index (χ0n) is 11.1. The Balaban J connectivity index is 1.48. The van der Waals surface area contributed by atoms with E-state index in [0.717, 1.165) is 17.1 Å². The third-order valence-electron chi connectivity index (χ3n) is 3.56. The molecule has 7 heteroatoms. The van der Waals surface area contributed by atoms with Crippen LogP contribution in [0.5, 0.6) is 10.9 Å². The Morgan fingerprint density at radius 3 is 2.71 bits per heavy atom. The second kappa shape index (κ2) is 5.25. The first kappa shape index (κ1) is 12.5. The Morgan fingerprint density at radius 1 is 1.19 bits per heavy atom. The lowest BCUT2D eigenvalue weighted by Crippen LogP contribution is -2.10. The van der Waals surface area contributed by atoms with Crippen LogP contribution < -0.4 is 4.74 Å². The second-order valence-corrected chi connectivity index (χ2v) is 5.63. The van der Waals surface area contributed by atoms with Crippen LogP contribution in [-0.4, -0.2) is 19.6 Å². The molecular weight excluding hydrogens is 288 g/mol. The van der Waals surface area contributed by atoms with Gasteiger partial charge in [-0.1, -0.05) is 6.42 Å². The van der Waals surface area contributed by atoms with Crippen molar-refractivity contribution in [1.82, 2.24) is 19.6 Å². The Labute approximate surface area is 125 Å². The van der Waals surface area contributed by atoms with Crippen LogP contribution in [-0.2, 0) is 0 Å². The molecule has 1 aliphatic carbocycles. The first-order chi connectivity index (χ1) is 10.4. The van der Waals surface area contributed by atoms with Gasteiger partial charge in [0.05, 0.1) is 0 Å². The molecule has 6 nitrogen and oxygen atoms in total. The molecule has 0 aliphatic heterocycles. The molecule has 0 bridgehead atoms. The standard InChI is InChI=1S/C14H12N4O2S/c1-2-9(3-1)12-16-14(21-18-12)20-11-6-4-10(5-7-11)13-17-15-8-19-13/h4-9H,1-3H2. The Kier molecular flexibility index (Phi) is 3.11. The predicted octanol–water partition coefficient (Wildman–Crippen LogP) is 3.65. The van der Waals surface area contributed by atoms with Gasteiger partial charge in [-0.05, 0) is 37.1 Å². The van der Waals surface area contributed by atoms with Crippen molar-refractivity contribution in [2.45, 2.75) is 25.2 Å². The zero-order chi connectivity index (χ0) is 14.1. The van der Waals surface area contributed by atoms with E-state index in [1.54, 1.807) is 0 Å². The van der Waals surface area contributed by atoms with Crippen LogP contribution in [0.25, 0.3) is 11.5 Å². The summed E-state index contributed by atoms with van der Waals surface area (Å²) >= 11 is 1.30. The molecular formula is C14H12N4O2S. The van der Waals surface area contributed by atoms with Crippen LogP contribution in [0.1, 0.15) is 31.0 Å². The number of rotatable bonds is 4. The van der Waals surface area contributed by atoms with E-state index >= 15 is 0 Å². The highest BCUT2D eigenvalue weighted by molar-refractivity contribution is 7.07. The summed E-state index contributed by atoms with van der Waals surface area (Å²) in [5.74, 6) is 2.65. The average molecular weight is 300 g/mol. The van der Waals surface area contributed by atoms with E-state index in [0.29, 0.717) is 17.0 Å². The van der Waals surface area contributed by atoms with Crippen LogP contribution in [0.4, 0.5) is 0 Å². The van der Waals surface area contributed by atoms with Crippen molar-refractivity contribution in [1.29, 1.82) is 0 Å². The van der Waals surface area contributed by atoms with Crippen LogP contribution in [0, 0.1) is 0 Å². The van der Waals surface area contributed by atoms with Crippen molar-refractivity contribution in [3.8, 4) is 22.4 Å². The quantitative estimate of drug-likeness (QED) is 0.732. The van der Waals surface area contributed by atoms with E-state index in [1.807, 2.05) is 24.3 Å². The SMILES string of the molecule is c1nnc(-c2ccc(Oc3nc(C4CCC4)ns3)cc2)o1. The Morgan fingerprint density at radius 2 is 2.05 bits per heavy atom. The predicted molar refractivity (Wildman–Crippen MR) is 76.3 cm³/mol. The molecule has 0 radical (unpaired) electrons. The molecule has 2 heterocycles. The number of ether oxygens (including phenoxy) is 1. The summed E-state index contributed by atoms with van der Waals surface area (Å²) < 4.78 is 15.2. The molecule has 0 amide bonds. The van der Waals surface area contributed by atoms with Crippen molar-refractivity contribution in [2.75, 3.05) is 0 Å². The van der Waals surface area contributed by atoms with E-state index in [9.17, 15) is 0 Å². The number of nitrogens with zero attached hydrogens (tertiary/aromatic N) is 4. The first-order valence-electron chi connectivity index (χ1n) is 6.76. The average Bonchev–Trinajstić information content (AvgIpc) is 3.10. The molecule has 0 atom stereocenters. The summed E-state index contributed by atoms with van der Waals surface area (Å²) in [5.41, 5.74) is 0.854. The highest BCUT2D eigenvalue weighted by Crippen LogP contribution is 2.36. The maximum atomic E-state index is 5.73. The normalized spacial score (nSPS) is 14.9. The van der Waals surface area contributed by atoms with Crippen LogP contribution in [0.15, 0.2) is 35.1 Å². The fraction of sp³-hybridized carbons (Fsp3) is 0.286. The summed E-state index contributed by atoms with van der Waals surface area (Å²) in [4.78, 5) is 4.44. The minimum atomic E-state index is 0.490. The van der Waals surface area contributed by atoms with E-state index in [1.165, 1.54) is 37.2 Å². The molecule has 0 N–H and O–H groups in total. The van der Waals surface area contributed by atoms with Gasteiger partial charge in [0.2, 0.25) is 12.3 Å². The molecule has 3 aromatic rings. The van der Waals surface area contributed by atoms with E-state index in [-0.39, 0.29) is 0 Å². The van der Waals surface area contributed by atoms with E-state index in [4.69, 9.17) is 9.15 Å². The van der Waals surface area contributed by atoms with Gasteiger partial charge in [0.25, 0.3) is 5.19 Å². The third kappa shape index (κ3) is 2.52. The third-order valence-corrected chi connectivity index (χ3v) is 4.17. The monoisotopic (exact) mass is 300 g/mol. The molecule has 2 aromatic heterocycles. The van der Waals surface area contributed by atoms with Crippen LogP contribution in [0.2, 0.25) is 0 Å². The fourth-order valence-corrected chi connectivity index (χ4v) is 2.79. The van der Waals surface area contributed by atoms with Gasteiger partial charge in [-0.15, -0.1) is 10.2 Å². The molecule has 1 aromatic carbocycles. The van der Waals surface area contributed by atoms with E-state index in [2.05, 4.69) is 19.6 Å². The summed E-state index contributed by atoms with van der Waals surface area (Å²) in [7, 11) is 0. The summed E-state index contributed by atoms with van der Waals surface area (Å²) in [6.45, 7) is 0. The number of hydrogen-bond donors (Lipinski definition) is 0. The smallest absolute Gasteiger partial charge is 0.298 e. The highest BCUT2D eigenvalue weighted by Gasteiger charge is 2.24. The Hall–Kier alpha value is -2.28. The maximum Gasteiger partial charge on any atom is 0.298 e. The number of aromatic nitrogens is 4. The topological polar surface area (TPSA) is 73.9 Å². The van der Waals surface area contributed by atoms with E-state index < -0.39 is 0 Å². The van der Waals surface area contributed by atoms with Crippen molar-refractivity contribution in [3.05, 3.63) is 36.5 Å².